The second-order valence-electron chi connectivity index (χ2n) is 6.00. The summed E-state index contributed by atoms with van der Waals surface area (Å²) in [4.78, 5) is 12.3. The standard InChI is InChI=1S/C18H21F3O/c1-13(17(22)15-5-3-2-4-6-15)7-8-14-9-11-16(12-10-14)18(19,20)21/h7-13,15H,2-6H2,1H3/b8-7+/t13-/m0/s1. The highest BCUT2D eigenvalue weighted by Crippen LogP contribution is 2.30. The summed E-state index contributed by atoms with van der Waals surface area (Å²) in [5.74, 6) is 0.217. The van der Waals surface area contributed by atoms with Gasteiger partial charge in [-0.05, 0) is 30.5 Å². The molecule has 0 unspecified atom stereocenters. The molecule has 0 aromatic heterocycles. The number of hydrogen-bond donors (Lipinski definition) is 0. The molecule has 22 heavy (non-hydrogen) atoms. The van der Waals surface area contributed by atoms with Crippen molar-refractivity contribution < 1.29 is 18.0 Å². The van der Waals surface area contributed by atoms with Gasteiger partial charge in [0.15, 0.2) is 0 Å². The van der Waals surface area contributed by atoms with E-state index in [9.17, 15) is 18.0 Å². The number of ketones is 1. The second kappa shape index (κ2) is 7.12. The summed E-state index contributed by atoms with van der Waals surface area (Å²) in [6.07, 6.45) is 4.59. The summed E-state index contributed by atoms with van der Waals surface area (Å²) in [6.45, 7) is 1.86. The van der Waals surface area contributed by atoms with Gasteiger partial charge in [-0.25, -0.2) is 0 Å². The van der Waals surface area contributed by atoms with Crippen LogP contribution in [0.5, 0.6) is 0 Å². The summed E-state index contributed by atoms with van der Waals surface area (Å²) < 4.78 is 37.4. The van der Waals surface area contributed by atoms with Gasteiger partial charge in [-0.3, -0.25) is 4.79 Å². The predicted molar refractivity (Wildman–Crippen MR) is 81.2 cm³/mol. The third-order valence-corrected chi connectivity index (χ3v) is 4.27. The quantitative estimate of drug-likeness (QED) is 0.717. The van der Waals surface area contributed by atoms with Crippen LogP contribution in [0.1, 0.15) is 50.2 Å². The number of hydrogen-bond acceptors (Lipinski definition) is 1. The summed E-state index contributed by atoms with van der Waals surface area (Å²) in [6, 6.07) is 4.98. The van der Waals surface area contributed by atoms with Crippen LogP contribution in [0.25, 0.3) is 6.08 Å². The fraction of sp³-hybridized carbons (Fsp3) is 0.500. The van der Waals surface area contributed by atoms with Gasteiger partial charge in [-0.15, -0.1) is 0 Å². The first-order valence-electron chi connectivity index (χ1n) is 7.77. The Hall–Kier alpha value is -1.58. The number of halogens is 3. The zero-order valence-electron chi connectivity index (χ0n) is 12.7. The number of carbonyl (C=O) groups is 1. The first-order chi connectivity index (χ1) is 10.4. The Balaban J connectivity index is 1.97. The lowest BCUT2D eigenvalue weighted by atomic mass is 9.82. The molecule has 0 heterocycles. The first-order valence-corrected chi connectivity index (χ1v) is 7.77. The highest BCUT2D eigenvalue weighted by molar-refractivity contribution is 5.85. The van der Waals surface area contributed by atoms with Crippen molar-refractivity contribution in [3.05, 3.63) is 41.5 Å². The maximum atomic E-state index is 12.5. The third kappa shape index (κ3) is 4.46. The van der Waals surface area contributed by atoms with Gasteiger partial charge in [-0.2, -0.15) is 13.2 Å². The van der Waals surface area contributed by atoms with Crippen LogP contribution in [-0.4, -0.2) is 5.78 Å². The number of Topliss-reactive ketones (excluding diaryl/α,β-unsaturated/α-hetero) is 1. The first kappa shape index (κ1) is 16.8. The summed E-state index contributed by atoms with van der Waals surface area (Å²) in [7, 11) is 0. The molecular formula is C18H21F3O. The van der Waals surface area contributed by atoms with Crippen LogP contribution in [0.4, 0.5) is 13.2 Å². The second-order valence-corrected chi connectivity index (χ2v) is 6.00. The lowest BCUT2D eigenvalue weighted by molar-refractivity contribution is -0.137. The van der Waals surface area contributed by atoms with Gasteiger partial charge in [0.1, 0.15) is 5.78 Å². The fourth-order valence-electron chi connectivity index (χ4n) is 2.89. The Morgan fingerprint density at radius 3 is 2.27 bits per heavy atom. The Bertz CT molecular complexity index is 522. The number of allylic oxidation sites excluding steroid dienone is 1. The summed E-state index contributed by atoms with van der Waals surface area (Å²) in [5, 5.41) is 0. The van der Waals surface area contributed by atoms with Crippen LogP contribution in [0.15, 0.2) is 30.3 Å². The molecule has 0 saturated heterocycles. The maximum absolute atomic E-state index is 12.5. The van der Waals surface area contributed by atoms with Crippen LogP contribution in [0.2, 0.25) is 0 Å². The molecule has 0 radical (unpaired) electrons. The van der Waals surface area contributed by atoms with Gasteiger partial charge < -0.3 is 0 Å². The molecule has 4 heteroatoms. The Labute approximate surface area is 129 Å². The smallest absolute Gasteiger partial charge is 0.299 e. The van der Waals surface area contributed by atoms with E-state index in [2.05, 4.69) is 0 Å². The van der Waals surface area contributed by atoms with E-state index >= 15 is 0 Å². The van der Waals surface area contributed by atoms with E-state index in [0.29, 0.717) is 5.56 Å². The molecule has 1 fully saturated rings. The Kier molecular flexibility index (Phi) is 5.43. The molecule has 0 aliphatic heterocycles. The van der Waals surface area contributed by atoms with Gasteiger partial charge in [0.05, 0.1) is 5.56 Å². The molecule has 1 saturated carbocycles. The van der Waals surface area contributed by atoms with Crippen molar-refractivity contribution in [2.45, 2.75) is 45.2 Å². The third-order valence-electron chi connectivity index (χ3n) is 4.27. The fourth-order valence-corrected chi connectivity index (χ4v) is 2.89. The van der Waals surface area contributed by atoms with E-state index in [0.717, 1.165) is 37.8 Å². The largest absolute Gasteiger partial charge is 0.416 e. The molecule has 0 amide bonds. The summed E-state index contributed by atoms with van der Waals surface area (Å²) in [5.41, 5.74) is 0.0206. The van der Waals surface area contributed by atoms with Crippen LogP contribution >= 0.6 is 0 Å². The van der Waals surface area contributed by atoms with E-state index in [-0.39, 0.29) is 17.6 Å². The van der Waals surface area contributed by atoms with Crippen molar-refractivity contribution in [1.29, 1.82) is 0 Å². The molecule has 1 aromatic carbocycles. The highest BCUT2D eigenvalue weighted by atomic mass is 19.4. The van der Waals surface area contributed by atoms with Crippen LogP contribution < -0.4 is 0 Å². The Morgan fingerprint density at radius 2 is 1.73 bits per heavy atom. The van der Waals surface area contributed by atoms with Gasteiger partial charge >= 0.3 is 6.18 Å². The average Bonchev–Trinajstić information content (AvgIpc) is 2.52. The molecule has 2 rings (SSSR count). The average molecular weight is 310 g/mol. The van der Waals surface area contributed by atoms with Crippen LogP contribution in [0, 0.1) is 11.8 Å². The molecule has 1 aliphatic carbocycles. The molecule has 1 atom stereocenters. The minimum atomic E-state index is -4.31. The monoisotopic (exact) mass is 310 g/mol. The molecule has 120 valence electrons. The SMILES string of the molecule is C[C@@H](/C=C/c1ccc(C(F)(F)F)cc1)C(=O)C1CCCCC1. The maximum Gasteiger partial charge on any atom is 0.416 e. The van der Waals surface area contributed by atoms with E-state index in [4.69, 9.17) is 0 Å². The van der Waals surface area contributed by atoms with E-state index in [1.807, 2.05) is 6.92 Å². The van der Waals surface area contributed by atoms with Crippen molar-refractivity contribution in [3.8, 4) is 0 Å². The zero-order valence-corrected chi connectivity index (χ0v) is 12.7. The van der Waals surface area contributed by atoms with Crippen LogP contribution in [-0.2, 0) is 11.0 Å². The topological polar surface area (TPSA) is 17.1 Å². The molecule has 0 spiro atoms. The lowest BCUT2D eigenvalue weighted by Crippen LogP contribution is -2.22. The number of benzene rings is 1. The normalized spacial score (nSPS) is 18.5. The zero-order chi connectivity index (χ0) is 16.2. The molecular weight excluding hydrogens is 289 g/mol. The summed E-state index contributed by atoms with van der Waals surface area (Å²) >= 11 is 0. The minimum Gasteiger partial charge on any atom is -0.299 e. The van der Waals surface area contributed by atoms with Gasteiger partial charge in [0.25, 0.3) is 0 Å². The van der Waals surface area contributed by atoms with Gasteiger partial charge in [-0.1, -0.05) is 50.5 Å². The molecule has 1 nitrogen and oxygen atoms in total. The number of alkyl halides is 3. The molecule has 1 aliphatic rings. The van der Waals surface area contributed by atoms with Crippen molar-refractivity contribution in [1.82, 2.24) is 0 Å². The van der Waals surface area contributed by atoms with Crippen molar-refractivity contribution in [2.24, 2.45) is 11.8 Å². The highest BCUT2D eigenvalue weighted by Gasteiger charge is 2.29. The van der Waals surface area contributed by atoms with Crippen LogP contribution in [0.3, 0.4) is 0 Å². The lowest BCUT2D eigenvalue weighted by Gasteiger charge is -2.22. The van der Waals surface area contributed by atoms with Crippen molar-refractivity contribution in [3.63, 3.8) is 0 Å². The number of rotatable bonds is 4. The minimum absolute atomic E-state index is 0.154. The van der Waals surface area contributed by atoms with Crippen molar-refractivity contribution in [2.75, 3.05) is 0 Å². The van der Waals surface area contributed by atoms with Crippen molar-refractivity contribution >= 4 is 11.9 Å². The predicted octanol–water partition coefficient (Wildman–Crippen LogP) is 5.50. The van der Waals surface area contributed by atoms with E-state index < -0.39 is 11.7 Å². The van der Waals surface area contributed by atoms with E-state index in [1.54, 1.807) is 12.2 Å². The number of carbonyl (C=O) groups excluding carboxylic acids is 1. The molecule has 1 aromatic rings. The Morgan fingerprint density at radius 1 is 1.14 bits per heavy atom. The van der Waals surface area contributed by atoms with E-state index in [1.165, 1.54) is 18.6 Å². The van der Waals surface area contributed by atoms with Gasteiger partial charge in [0, 0.05) is 11.8 Å². The van der Waals surface area contributed by atoms with Gasteiger partial charge in [0.2, 0.25) is 0 Å². The molecule has 0 N–H and O–H groups in total. The molecule has 0 bridgehead atoms.